The lowest BCUT2D eigenvalue weighted by molar-refractivity contribution is -0.139. The Balaban J connectivity index is 1.35. The molecule has 3 aromatic carbocycles. The van der Waals surface area contributed by atoms with Gasteiger partial charge in [0.25, 0.3) is 0 Å². The Morgan fingerprint density at radius 2 is 1.69 bits per heavy atom. The number of hydrogen-bond acceptors (Lipinski definition) is 5. The molecule has 1 aliphatic heterocycles. The van der Waals surface area contributed by atoms with Crippen LogP contribution in [0.5, 0.6) is 5.75 Å². The molecule has 4 aromatic rings. The lowest BCUT2D eigenvalue weighted by Crippen LogP contribution is -2.27. The molecule has 6 rings (SSSR count). The molecule has 0 radical (unpaired) electrons. The Labute approximate surface area is 210 Å². The molecule has 6 heteroatoms. The Kier molecular flexibility index (Phi) is 6.03. The van der Waals surface area contributed by atoms with E-state index in [0.717, 1.165) is 66.3 Å². The standard InChI is InChI=1S/C30H28N2O4/c33-27(34)19-35-26-15-7-13-22-23(26)16-17-24(22)32-18-8-14-25(32)30-31-28(20-9-3-1-4-10-20)29(36-30)21-11-5-2-6-12-21/h1-7,9-13,15,24-25H,8,14,16-19H2,(H,33,34). The summed E-state index contributed by atoms with van der Waals surface area (Å²) in [5.41, 5.74) is 5.29. The number of fused-ring (bicyclic) bond motifs is 1. The molecule has 0 saturated carbocycles. The first-order valence-electron chi connectivity index (χ1n) is 12.5. The highest BCUT2D eigenvalue weighted by Gasteiger charge is 2.39. The molecule has 1 aliphatic carbocycles. The maximum absolute atomic E-state index is 11.0. The minimum atomic E-state index is -0.964. The molecule has 36 heavy (non-hydrogen) atoms. The van der Waals surface area contributed by atoms with Crippen LogP contribution in [0.25, 0.3) is 22.6 Å². The molecule has 2 aliphatic rings. The number of hydrogen-bond donors (Lipinski definition) is 1. The highest BCUT2D eigenvalue weighted by molar-refractivity contribution is 5.76. The molecule has 1 aromatic heterocycles. The number of aliphatic carboxylic acids is 1. The second-order valence-electron chi connectivity index (χ2n) is 9.42. The van der Waals surface area contributed by atoms with Gasteiger partial charge in [0.05, 0.1) is 6.04 Å². The van der Waals surface area contributed by atoms with Crippen molar-refractivity contribution in [3.63, 3.8) is 0 Å². The molecular formula is C30H28N2O4. The average molecular weight is 481 g/mol. The summed E-state index contributed by atoms with van der Waals surface area (Å²) in [6, 6.07) is 26.7. The molecular weight excluding hydrogens is 452 g/mol. The molecule has 6 nitrogen and oxygen atoms in total. The fourth-order valence-corrected chi connectivity index (χ4v) is 5.70. The van der Waals surface area contributed by atoms with Crippen LogP contribution in [0.2, 0.25) is 0 Å². The molecule has 2 heterocycles. The largest absolute Gasteiger partial charge is 0.482 e. The van der Waals surface area contributed by atoms with Crippen molar-refractivity contribution in [2.75, 3.05) is 13.2 Å². The van der Waals surface area contributed by atoms with Crippen molar-refractivity contribution in [2.45, 2.75) is 37.8 Å². The van der Waals surface area contributed by atoms with Gasteiger partial charge in [0.2, 0.25) is 5.89 Å². The first-order chi connectivity index (χ1) is 17.7. The van der Waals surface area contributed by atoms with Crippen LogP contribution in [0, 0.1) is 0 Å². The van der Waals surface area contributed by atoms with E-state index in [1.165, 1.54) is 5.56 Å². The van der Waals surface area contributed by atoms with Crippen LogP contribution >= 0.6 is 0 Å². The third kappa shape index (κ3) is 4.18. The summed E-state index contributed by atoms with van der Waals surface area (Å²) >= 11 is 0. The number of ether oxygens (including phenoxy) is 1. The van der Waals surface area contributed by atoms with Gasteiger partial charge in [0, 0.05) is 17.2 Å². The lowest BCUT2D eigenvalue weighted by atomic mass is 10.0. The molecule has 182 valence electrons. The first-order valence-corrected chi connectivity index (χ1v) is 12.5. The Morgan fingerprint density at radius 1 is 0.944 bits per heavy atom. The number of likely N-dealkylation sites (tertiary alicyclic amines) is 1. The summed E-state index contributed by atoms with van der Waals surface area (Å²) in [6.07, 6.45) is 3.91. The van der Waals surface area contributed by atoms with Gasteiger partial charge in [-0.25, -0.2) is 9.78 Å². The second kappa shape index (κ2) is 9.63. The minimum absolute atomic E-state index is 0.0875. The Bertz CT molecular complexity index is 1310. The van der Waals surface area contributed by atoms with Gasteiger partial charge >= 0.3 is 5.97 Å². The van der Waals surface area contributed by atoms with Crippen molar-refractivity contribution in [1.29, 1.82) is 0 Å². The van der Waals surface area contributed by atoms with Crippen molar-refractivity contribution in [2.24, 2.45) is 0 Å². The number of carbonyl (C=O) groups is 1. The lowest BCUT2D eigenvalue weighted by Gasteiger charge is -2.29. The number of carboxylic acids is 1. The van der Waals surface area contributed by atoms with E-state index in [2.05, 4.69) is 35.2 Å². The maximum Gasteiger partial charge on any atom is 0.341 e. The van der Waals surface area contributed by atoms with Gasteiger partial charge in [-0.2, -0.15) is 0 Å². The van der Waals surface area contributed by atoms with E-state index < -0.39 is 5.97 Å². The number of oxazole rings is 1. The summed E-state index contributed by atoms with van der Waals surface area (Å²) in [5, 5.41) is 9.05. The monoisotopic (exact) mass is 480 g/mol. The SMILES string of the molecule is O=C(O)COc1cccc2c1CCC2N1CCCC1c1nc(-c2ccccc2)c(-c2ccccc2)o1. The Morgan fingerprint density at radius 3 is 2.44 bits per heavy atom. The number of nitrogens with zero attached hydrogens (tertiary/aromatic N) is 2. The fraction of sp³-hybridized carbons (Fsp3) is 0.267. The van der Waals surface area contributed by atoms with E-state index >= 15 is 0 Å². The number of rotatable bonds is 7. The summed E-state index contributed by atoms with van der Waals surface area (Å²) < 4.78 is 12.2. The molecule has 0 amide bonds. The van der Waals surface area contributed by atoms with E-state index in [1.807, 2.05) is 48.5 Å². The zero-order valence-electron chi connectivity index (χ0n) is 20.0. The first kappa shape index (κ1) is 22.6. The fourth-order valence-electron chi connectivity index (χ4n) is 5.70. The molecule has 0 bridgehead atoms. The highest BCUT2D eigenvalue weighted by atomic mass is 16.5. The van der Waals surface area contributed by atoms with Crippen molar-refractivity contribution in [3.05, 3.63) is 95.9 Å². The summed E-state index contributed by atoms with van der Waals surface area (Å²) in [4.78, 5) is 18.6. The van der Waals surface area contributed by atoms with E-state index in [0.29, 0.717) is 5.75 Å². The van der Waals surface area contributed by atoms with Crippen molar-refractivity contribution >= 4 is 5.97 Å². The Hall–Kier alpha value is -3.90. The predicted octanol–water partition coefficient (Wildman–Crippen LogP) is 6.30. The molecule has 2 unspecified atom stereocenters. The van der Waals surface area contributed by atoms with E-state index in [1.54, 1.807) is 0 Å². The number of carboxylic acid groups (broad SMARTS) is 1. The quantitative estimate of drug-likeness (QED) is 0.335. The topological polar surface area (TPSA) is 75.8 Å². The zero-order valence-corrected chi connectivity index (χ0v) is 20.0. The van der Waals surface area contributed by atoms with Gasteiger partial charge in [-0.15, -0.1) is 0 Å². The third-order valence-electron chi connectivity index (χ3n) is 7.25. The van der Waals surface area contributed by atoms with Gasteiger partial charge in [-0.3, -0.25) is 4.90 Å². The van der Waals surface area contributed by atoms with Gasteiger partial charge in [-0.1, -0.05) is 72.8 Å². The average Bonchev–Trinajstić information content (AvgIpc) is 3.66. The summed E-state index contributed by atoms with van der Waals surface area (Å²) in [5.74, 6) is 1.29. The van der Waals surface area contributed by atoms with Gasteiger partial charge < -0.3 is 14.3 Å². The van der Waals surface area contributed by atoms with Crippen LogP contribution in [0.3, 0.4) is 0 Å². The van der Waals surface area contributed by atoms with E-state index in [-0.39, 0.29) is 18.7 Å². The molecule has 1 N–H and O–H groups in total. The van der Waals surface area contributed by atoms with Crippen molar-refractivity contribution < 1.29 is 19.1 Å². The van der Waals surface area contributed by atoms with Crippen LogP contribution in [0.1, 0.15) is 48.4 Å². The summed E-state index contributed by atoms with van der Waals surface area (Å²) in [6.45, 7) is 0.646. The van der Waals surface area contributed by atoms with Crippen LogP contribution in [0.15, 0.2) is 83.3 Å². The van der Waals surface area contributed by atoms with Crippen molar-refractivity contribution in [1.82, 2.24) is 9.88 Å². The number of benzene rings is 3. The van der Waals surface area contributed by atoms with E-state index in [4.69, 9.17) is 19.2 Å². The maximum atomic E-state index is 11.0. The van der Waals surface area contributed by atoms with Gasteiger partial charge in [0.1, 0.15) is 11.4 Å². The van der Waals surface area contributed by atoms with Gasteiger partial charge in [-0.05, 0) is 49.4 Å². The van der Waals surface area contributed by atoms with Crippen LogP contribution in [0.4, 0.5) is 0 Å². The summed E-state index contributed by atoms with van der Waals surface area (Å²) in [7, 11) is 0. The predicted molar refractivity (Wildman–Crippen MR) is 137 cm³/mol. The smallest absolute Gasteiger partial charge is 0.341 e. The van der Waals surface area contributed by atoms with Gasteiger partial charge in [0.15, 0.2) is 12.4 Å². The second-order valence-corrected chi connectivity index (χ2v) is 9.42. The van der Waals surface area contributed by atoms with Crippen LogP contribution in [-0.2, 0) is 11.2 Å². The molecule has 1 fully saturated rings. The van der Waals surface area contributed by atoms with Crippen LogP contribution in [-0.4, -0.2) is 34.1 Å². The third-order valence-corrected chi connectivity index (χ3v) is 7.25. The number of aromatic nitrogens is 1. The molecule has 0 spiro atoms. The molecule has 2 atom stereocenters. The molecule has 1 saturated heterocycles. The van der Waals surface area contributed by atoms with Crippen molar-refractivity contribution in [3.8, 4) is 28.3 Å². The highest BCUT2D eigenvalue weighted by Crippen LogP contribution is 2.47. The minimum Gasteiger partial charge on any atom is -0.482 e. The van der Waals surface area contributed by atoms with E-state index in [9.17, 15) is 4.79 Å². The normalized spacial score (nSPS) is 19.3. The zero-order chi connectivity index (χ0) is 24.5. The van der Waals surface area contributed by atoms with Crippen LogP contribution < -0.4 is 4.74 Å².